The number of aryl methyl sites for hydroxylation is 1. The van der Waals surface area contributed by atoms with Crippen molar-refractivity contribution < 1.29 is 9.59 Å². The molecule has 0 unspecified atom stereocenters. The van der Waals surface area contributed by atoms with E-state index in [1.54, 1.807) is 19.2 Å². The third-order valence-corrected chi connectivity index (χ3v) is 2.45. The Labute approximate surface area is 107 Å². The summed E-state index contributed by atoms with van der Waals surface area (Å²) in [4.78, 5) is 23.2. The first-order valence-corrected chi connectivity index (χ1v) is 5.91. The molecule has 0 saturated carbocycles. The van der Waals surface area contributed by atoms with E-state index in [-0.39, 0.29) is 18.4 Å². The largest absolute Gasteiger partial charge is 0.352 e. The predicted molar refractivity (Wildman–Crippen MR) is 71.7 cm³/mol. The monoisotopic (exact) mass is 249 g/mol. The summed E-state index contributed by atoms with van der Waals surface area (Å²) in [5.41, 5.74) is 2.13. The molecule has 0 aliphatic rings. The summed E-state index contributed by atoms with van der Waals surface area (Å²) in [6.07, 6.45) is 0. The minimum atomic E-state index is -0.137. The molecule has 0 aliphatic heterocycles. The molecule has 98 valence electrons. The molecule has 0 radical (unpaired) electrons. The summed E-state index contributed by atoms with van der Waals surface area (Å²) in [6.45, 7) is 4.57. The first-order valence-electron chi connectivity index (χ1n) is 5.91. The van der Waals surface area contributed by atoms with E-state index in [1.165, 1.54) is 0 Å². The van der Waals surface area contributed by atoms with E-state index in [2.05, 4.69) is 16.0 Å². The van der Waals surface area contributed by atoms with E-state index >= 15 is 0 Å². The Kier molecular flexibility index (Phi) is 5.32. The van der Waals surface area contributed by atoms with E-state index in [9.17, 15) is 9.59 Å². The van der Waals surface area contributed by atoms with Gasteiger partial charge in [-0.25, -0.2) is 0 Å². The number of nitrogens with one attached hydrogen (secondary N) is 3. The summed E-state index contributed by atoms with van der Waals surface area (Å²) >= 11 is 0. The van der Waals surface area contributed by atoms with Crippen molar-refractivity contribution in [3.8, 4) is 0 Å². The minimum Gasteiger partial charge on any atom is -0.352 e. The number of carbonyl (C=O) groups is 2. The van der Waals surface area contributed by atoms with Crippen molar-refractivity contribution >= 4 is 17.5 Å². The van der Waals surface area contributed by atoms with Gasteiger partial charge in [0.1, 0.15) is 0 Å². The van der Waals surface area contributed by atoms with Gasteiger partial charge in [0.2, 0.25) is 5.91 Å². The molecule has 1 rings (SSSR count). The molecular weight excluding hydrogens is 230 g/mol. The van der Waals surface area contributed by atoms with Crippen molar-refractivity contribution in [2.75, 3.05) is 25.5 Å². The van der Waals surface area contributed by atoms with Gasteiger partial charge in [0.05, 0.1) is 6.54 Å². The fourth-order valence-electron chi connectivity index (χ4n) is 1.52. The maximum Gasteiger partial charge on any atom is 0.251 e. The highest BCUT2D eigenvalue weighted by molar-refractivity contribution is 5.98. The summed E-state index contributed by atoms with van der Waals surface area (Å²) in [7, 11) is 1.71. The number of hydrogen-bond acceptors (Lipinski definition) is 3. The maximum absolute atomic E-state index is 11.7. The van der Waals surface area contributed by atoms with Crippen molar-refractivity contribution in [3.63, 3.8) is 0 Å². The number of anilines is 1. The second kappa shape index (κ2) is 6.76. The van der Waals surface area contributed by atoms with Gasteiger partial charge in [0.25, 0.3) is 5.91 Å². The average Bonchev–Trinajstić information content (AvgIpc) is 2.32. The first kappa shape index (κ1) is 14.2. The van der Waals surface area contributed by atoms with Gasteiger partial charge in [-0.3, -0.25) is 9.59 Å². The molecule has 0 saturated heterocycles. The molecule has 0 aromatic heterocycles. The van der Waals surface area contributed by atoms with E-state index < -0.39 is 0 Å². The second-order valence-corrected chi connectivity index (χ2v) is 3.97. The van der Waals surface area contributed by atoms with Crippen LogP contribution < -0.4 is 16.0 Å². The fourth-order valence-corrected chi connectivity index (χ4v) is 1.52. The lowest BCUT2D eigenvalue weighted by atomic mass is 10.1. The zero-order chi connectivity index (χ0) is 13.5. The lowest BCUT2D eigenvalue weighted by Crippen LogP contribution is -2.26. The minimum absolute atomic E-state index is 0.131. The Balaban J connectivity index is 2.87. The van der Waals surface area contributed by atoms with Crippen LogP contribution >= 0.6 is 0 Å². The van der Waals surface area contributed by atoms with Gasteiger partial charge in [-0.05, 0) is 38.6 Å². The molecule has 0 atom stereocenters. The molecule has 1 aromatic rings. The highest BCUT2D eigenvalue weighted by Gasteiger charge is 2.09. The fraction of sp³-hybridized carbons (Fsp3) is 0.385. The van der Waals surface area contributed by atoms with E-state index in [0.717, 1.165) is 5.56 Å². The van der Waals surface area contributed by atoms with Crippen LogP contribution in [0, 0.1) is 6.92 Å². The number of hydrogen-bond donors (Lipinski definition) is 3. The van der Waals surface area contributed by atoms with Crippen LogP contribution in [0.5, 0.6) is 0 Å². The van der Waals surface area contributed by atoms with Gasteiger partial charge in [-0.2, -0.15) is 0 Å². The number of carbonyl (C=O) groups excluding carboxylic acids is 2. The average molecular weight is 249 g/mol. The Morgan fingerprint density at radius 2 is 2.00 bits per heavy atom. The van der Waals surface area contributed by atoms with E-state index in [0.29, 0.717) is 17.8 Å². The van der Waals surface area contributed by atoms with Crippen LogP contribution in [0.3, 0.4) is 0 Å². The molecule has 0 spiro atoms. The molecule has 3 N–H and O–H groups in total. The second-order valence-electron chi connectivity index (χ2n) is 3.97. The van der Waals surface area contributed by atoms with Crippen LogP contribution in [0.25, 0.3) is 0 Å². The van der Waals surface area contributed by atoms with Crippen LogP contribution in [-0.4, -0.2) is 32.0 Å². The van der Waals surface area contributed by atoms with Crippen LogP contribution in [0.15, 0.2) is 18.2 Å². The topological polar surface area (TPSA) is 70.2 Å². The molecule has 5 nitrogen and oxygen atoms in total. The van der Waals surface area contributed by atoms with Crippen molar-refractivity contribution in [3.05, 3.63) is 29.3 Å². The van der Waals surface area contributed by atoms with Gasteiger partial charge in [-0.15, -0.1) is 0 Å². The van der Waals surface area contributed by atoms with Crippen molar-refractivity contribution in [1.82, 2.24) is 10.6 Å². The Bertz CT molecular complexity index is 444. The number of benzene rings is 1. The highest BCUT2D eigenvalue weighted by Crippen LogP contribution is 2.16. The first-order chi connectivity index (χ1) is 8.58. The zero-order valence-electron chi connectivity index (χ0n) is 11.0. The summed E-state index contributed by atoms with van der Waals surface area (Å²) in [6, 6.07) is 5.25. The maximum atomic E-state index is 11.7. The molecule has 5 heteroatoms. The Hall–Kier alpha value is -1.88. The Morgan fingerprint density at radius 1 is 1.28 bits per heavy atom. The third-order valence-electron chi connectivity index (χ3n) is 2.45. The molecule has 0 bridgehead atoms. The zero-order valence-corrected chi connectivity index (χ0v) is 11.0. The van der Waals surface area contributed by atoms with Gasteiger partial charge < -0.3 is 16.0 Å². The van der Waals surface area contributed by atoms with Crippen molar-refractivity contribution in [2.24, 2.45) is 0 Å². The Morgan fingerprint density at radius 3 is 2.61 bits per heavy atom. The van der Waals surface area contributed by atoms with Crippen molar-refractivity contribution in [2.45, 2.75) is 13.8 Å². The van der Waals surface area contributed by atoms with Gasteiger partial charge in [0.15, 0.2) is 0 Å². The van der Waals surface area contributed by atoms with Crippen molar-refractivity contribution in [1.29, 1.82) is 0 Å². The summed E-state index contributed by atoms with van der Waals surface area (Å²) in [5, 5.41) is 8.26. The van der Waals surface area contributed by atoms with Crippen LogP contribution in [0.4, 0.5) is 5.69 Å². The lowest BCUT2D eigenvalue weighted by Gasteiger charge is -2.10. The lowest BCUT2D eigenvalue weighted by molar-refractivity contribution is -0.115. The SMILES string of the molecule is CCNC(=O)c1ccc(C)c(NC(=O)CNC)c1. The van der Waals surface area contributed by atoms with Crippen LogP contribution in [0.2, 0.25) is 0 Å². The highest BCUT2D eigenvalue weighted by atomic mass is 16.2. The summed E-state index contributed by atoms with van der Waals surface area (Å²) in [5.74, 6) is -0.268. The van der Waals surface area contributed by atoms with Gasteiger partial charge in [0, 0.05) is 17.8 Å². The molecule has 1 aromatic carbocycles. The summed E-state index contributed by atoms with van der Waals surface area (Å²) < 4.78 is 0. The smallest absolute Gasteiger partial charge is 0.251 e. The number of rotatable bonds is 5. The number of likely N-dealkylation sites (N-methyl/N-ethyl adjacent to an activating group) is 1. The van der Waals surface area contributed by atoms with Gasteiger partial charge in [-0.1, -0.05) is 6.07 Å². The van der Waals surface area contributed by atoms with Crippen LogP contribution in [-0.2, 0) is 4.79 Å². The predicted octanol–water partition coefficient (Wildman–Crippen LogP) is 0.903. The normalized spacial score (nSPS) is 9.94. The quantitative estimate of drug-likeness (QED) is 0.726. The molecule has 0 fully saturated rings. The standard InChI is InChI=1S/C13H19N3O2/c1-4-15-13(18)10-6-5-9(2)11(7-10)16-12(17)8-14-3/h5-7,14H,4,8H2,1-3H3,(H,15,18)(H,16,17). The third kappa shape index (κ3) is 3.85. The molecular formula is C13H19N3O2. The molecule has 0 heterocycles. The molecule has 2 amide bonds. The van der Waals surface area contributed by atoms with Crippen LogP contribution in [0.1, 0.15) is 22.8 Å². The number of amides is 2. The molecule has 0 aliphatic carbocycles. The van der Waals surface area contributed by atoms with E-state index in [1.807, 2.05) is 19.9 Å². The van der Waals surface area contributed by atoms with Gasteiger partial charge >= 0.3 is 0 Å². The van der Waals surface area contributed by atoms with E-state index in [4.69, 9.17) is 0 Å². The molecule has 18 heavy (non-hydrogen) atoms.